The first-order chi connectivity index (χ1) is 9.08. The highest BCUT2D eigenvalue weighted by Gasteiger charge is 2.23. The molecule has 0 bridgehead atoms. The van der Waals surface area contributed by atoms with Gasteiger partial charge in [0.2, 0.25) is 5.95 Å². The second kappa shape index (κ2) is 5.52. The lowest BCUT2D eigenvalue weighted by Crippen LogP contribution is -2.39. The molecule has 2 N–H and O–H groups in total. The Morgan fingerprint density at radius 3 is 2.79 bits per heavy atom. The number of anilines is 1. The van der Waals surface area contributed by atoms with E-state index < -0.39 is 6.09 Å². The Hall–Kier alpha value is -2.36. The Kier molecular flexibility index (Phi) is 3.80. The molecule has 1 fully saturated rings. The van der Waals surface area contributed by atoms with Crippen LogP contribution in [0.5, 0.6) is 0 Å². The molecule has 0 spiro atoms. The van der Waals surface area contributed by atoms with Gasteiger partial charge in [0.1, 0.15) is 17.9 Å². The summed E-state index contributed by atoms with van der Waals surface area (Å²) in [7, 11) is 0. The highest BCUT2D eigenvalue weighted by Crippen LogP contribution is 2.18. The van der Waals surface area contributed by atoms with Crippen LogP contribution in [0.3, 0.4) is 0 Å². The van der Waals surface area contributed by atoms with Crippen LogP contribution in [0.25, 0.3) is 0 Å². The number of primary amides is 1. The molecule has 1 saturated heterocycles. The average molecular weight is 261 g/mol. The van der Waals surface area contributed by atoms with E-state index in [0.717, 1.165) is 5.69 Å². The standard InChI is InChI=1S/C12H15N5O2/c1-8-6-9(7-13)16-12(15-8)17-4-2-10(3-5-17)19-11(14)18/h6,10H,2-5H2,1H3,(H2,14,18). The minimum atomic E-state index is -0.739. The molecule has 2 rings (SSSR count). The van der Waals surface area contributed by atoms with Gasteiger partial charge in [-0.1, -0.05) is 0 Å². The minimum absolute atomic E-state index is 0.144. The van der Waals surface area contributed by atoms with Crippen molar-refractivity contribution in [3.8, 4) is 6.07 Å². The molecule has 19 heavy (non-hydrogen) atoms. The number of hydrogen-bond donors (Lipinski definition) is 1. The zero-order chi connectivity index (χ0) is 13.8. The molecular formula is C12H15N5O2. The van der Waals surface area contributed by atoms with Crippen molar-refractivity contribution in [1.29, 1.82) is 5.26 Å². The summed E-state index contributed by atoms with van der Waals surface area (Å²) in [6.07, 6.45) is 0.482. The summed E-state index contributed by atoms with van der Waals surface area (Å²) in [6.45, 7) is 3.17. The maximum atomic E-state index is 10.7. The Balaban J connectivity index is 2.03. The topological polar surface area (TPSA) is 105 Å². The Bertz CT molecular complexity index is 517. The Morgan fingerprint density at radius 2 is 2.21 bits per heavy atom. The summed E-state index contributed by atoms with van der Waals surface area (Å²) in [4.78, 5) is 21.2. The van der Waals surface area contributed by atoms with Gasteiger partial charge in [-0.25, -0.2) is 14.8 Å². The van der Waals surface area contributed by atoms with Gasteiger partial charge in [0.15, 0.2) is 0 Å². The van der Waals surface area contributed by atoms with E-state index in [0.29, 0.717) is 37.6 Å². The minimum Gasteiger partial charge on any atom is -0.446 e. The lowest BCUT2D eigenvalue weighted by molar-refractivity contribution is 0.0910. The number of nitrogens with two attached hydrogens (primary N) is 1. The van der Waals surface area contributed by atoms with Crippen molar-refractivity contribution in [2.24, 2.45) is 5.73 Å². The van der Waals surface area contributed by atoms with Gasteiger partial charge in [0, 0.05) is 31.6 Å². The number of hydrogen-bond acceptors (Lipinski definition) is 6. The van der Waals surface area contributed by atoms with Crippen LogP contribution in [-0.4, -0.2) is 35.3 Å². The summed E-state index contributed by atoms with van der Waals surface area (Å²) in [6, 6.07) is 3.66. The molecule has 100 valence electrons. The number of nitriles is 1. The highest BCUT2D eigenvalue weighted by molar-refractivity contribution is 5.64. The number of piperidine rings is 1. The molecule has 0 atom stereocenters. The van der Waals surface area contributed by atoms with E-state index >= 15 is 0 Å². The summed E-state index contributed by atoms with van der Waals surface area (Å²) >= 11 is 0. The molecule has 7 nitrogen and oxygen atoms in total. The normalized spacial score (nSPS) is 15.9. The fourth-order valence-corrected chi connectivity index (χ4v) is 2.09. The van der Waals surface area contributed by atoms with E-state index in [4.69, 9.17) is 15.7 Å². The Morgan fingerprint density at radius 1 is 1.53 bits per heavy atom. The van der Waals surface area contributed by atoms with Crippen LogP contribution >= 0.6 is 0 Å². The van der Waals surface area contributed by atoms with E-state index in [1.807, 2.05) is 17.9 Å². The zero-order valence-corrected chi connectivity index (χ0v) is 10.7. The maximum Gasteiger partial charge on any atom is 0.404 e. The van der Waals surface area contributed by atoms with Crippen LogP contribution in [0.15, 0.2) is 6.07 Å². The van der Waals surface area contributed by atoms with E-state index in [9.17, 15) is 4.79 Å². The first kappa shape index (κ1) is 13.1. The lowest BCUT2D eigenvalue weighted by Gasteiger charge is -2.31. The second-order valence-corrected chi connectivity index (χ2v) is 4.43. The molecule has 0 aliphatic carbocycles. The molecule has 1 aromatic heterocycles. The third-order valence-corrected chi connectivity index (χ3v) is 2.96. The summed E-state index contributed by atoms with van der Waals surface area (Å²) in [5.74, 6) is 0.550. The SMILES string of the molecule is Cc1cc(C#N)nc(N2CCC(OC(N)=O)CC2)n1. The fraction of sp³-hybridized carbons (Fsp3) is 0.500. The molecule has 2 heterocycles. The molecule has 1 aliphatic heterocycles. The van der Waals surface area contributed by atoms with Crippen molar-refractivity contribution < 1.29 is 9.53 Å². The quantitative estimate of drug-likeness (QED) is 0.841. The van der Waals surface area contributed by atoms with Gasteiger partial charge < -0.3 is 15.4 Å². The molecule has 0 unspecified atom stereocenters. The first-order valence-electron chi connectivity index (χ1n) is 6.05. The number of amides is 1. The van der Waals surface area contributed by atoms with E-state index in [1.165, 1.54) is 0 Å². The van der Waals surface area contributed by atoms with Crippen molar-refractivity contribution in [1.82, 2.24) is 9.97 Å². The van der Waals surface area contributed by atoms with Crippen molar-refractivity contribution in [2.45, 2.75) is 25.9 Å². The third-order valence-electron chi connectivity index (χ3n) is 2.96. The Labute approximate surface area is 111 Å². The molecule has 1 amide bonds. The van der Waals surface area contributed by atoms with Gasteiger partial charge >= 0.3 is 6.09 Å². The number of rotatable bonds is 2. The molecule has 1 aliphatic rings. The van der Waals surface area contributed by atoms with Crippen LogP contribution in [0.4, 0.5) is 10.7 Å². The number of ether oxygens (including phenoxy) is 1. The lowest BCUT2D eigenvalue weighted by atomic mass is 10.1. The van der Waals surface area contributed by atoms with Crippen LogP contribution in [0.1, 0.15) is 24.2 Å². The molecule has 0 radical (unpaired) electrons. The zero-order valence-electron chi connectivity index (χ0n) is 10.7. The summed E-state index contributed by atoms with van der Waals surface area (Å²) < 4.78 is 4.96. The van der Waals surface area contributed by atoms with Gasteiger partial charge in [-0.2, -0.15) is 5.26 Å². The largest absolute Gasteiger partial charge is 0.446 e. The number of carbonyl (C=O) groups is 1. The fourth-order valence-electron chi connectivity index (χ4n) is 2.09. The number of nitrogens with zero attached hydrogens (tertiary/aromatic N) is 4. The monoisotopic (exact) mass is 261 g/mol. The van der Waals surface area contributed by atoms with Crippen LogP contribution < -0.4 is 10.6 Å². The summed E-state index contributed by atoms with van der Waals surface area (Å²) in [5, 5.41) is 8.90. The van der Waals surface area contributed by atoms with E-state index in [2.05, 4.69) is 9.97 Å². The first-order valence-corrected chi connectivity index (χ1v) is 6.05. The number of aryl methyl sites for hydroxylation is 1. The predicted molar refractivity (Wildman–Crippen MR) is 67.4 cm³/mol. The van der Waals surface area contributed by atoms with Gasteiger partial charge in [-0.3, -0.25) is 0 Å². The van der Waals surface area contributed by atoms with Gasteiger partial charge in [0.25, 0.3) is 0 Å². The summed E-state index contributed by atoms with van der Waals surface area (Å²) in [5.41, 5.74) is 6.11. The van der Waals surface area contributed by atoms with Crippen LogP contribution in [-0.2, 0) is 4.74 Å². The van der Waals surface area contributed by atoms with Crippen LogP contribution in [0, 0.1) is 18.3 Å². The highest BCUT2D eigenvalue weighted by atomic mass is 16.6. The molecule has 0 saturated carbocycles. The number of carbonyl (C=O) groups excluding carboxylic acids is 1. The smallest absolute Gasteiger partial charge is 0.404 e. The van der Waals surface area contributed by atoms with Crippen molar-refractivity contribution >= 4 is 12.0 Å². The number of aromatic nitrogens is 2. The maximum absolute atomic E-state index is 10.7. The van der Waals surface area contributed by atoms with Crippen molar-refractivity contribution in [3.05, 3.63) is 17.5 Å². The molecular weight excluding hydrogens is 246 g/mol. The van der Waals surface area contributed by atoms with Gasteiger partial charge in [-0.05, 0) is 13.0 Å². The third kappa shape index (κ3) is 3.31. The predicted octanol–water partition coefficient (Wildman–Crippen LogP) is 0.721. The van der Waals surface area contributed by atoms with Crippen molar-refractivity contribution in [3.63, 3.8) is 0 Å². The van der Waals surface area contributed by atoms with E-state index in [-0.39, 0.29) is 6.10 Å². The van der Waals surface area contributed by atoms with E-state index in [1.54, 1.807) is 6.07 Å². The molecule has 7 heteroatoms. The average Bonchev–Trinajstić information content (AvgIpc) is 2.38. The molecule has 0 aromatic carbocycles. The van der Waals surface area contributed by atoms with Gasteiger partial charge in [0.05, 0.1) is 0 Å². The van der Waals surface area contributed by atoms with Crippen molar-refractivity contribution in [2.75, 3.05) is 18.0 Å². The van der Waals surface area contributed by atoms with Crippen LogP contribution in [0.2, 0.25) is 0 Å². The second-order valence-electron chi connectivity index (χ2n) is 4.43. The van der Waals surface area contributed by atoms with Gasteiger partial charge in [-0.15, -0.1) is 0 Å². The molecule has 1 aromatic rings.